The molecule has 0 bridgehead atoms. The van der Waals surface area contributed by atoms with Crippen molar-refractivity contribution in [1.29, 1.82) is 0 Å². The molecule has 0 saturated carbocycles. The first kappa shape index (κ1) is 15.7. The molecule has 0 unspecified atom stereocenters. The highest BCUT2D eigenvalue weighted by Crippen LogP contribution is 2.18. The second-order valence-electron chi connectivity index (χ2n) is 4.81. The number of benzene rings is 2. The Hall–Kier alpha value is -2.17. The van der Waals surface area contributed by atoms with E-state index in [0.717, 1.165) is 15.6 Å². The first-order valence-electron chi connectivity index (χ1n) is 6.82. The van der Waals surface area contributed by atoms with Gasteiger partial charge in [-0.1, -0.05) is 51.8 Å². The second-order valence-corrected chi connectivity index (χ2v) is 6.16. The number of esters is 1. The van der Waals surface area contributed by atoms with Gasteiger partial charge in [0.05, 0.1) is 0 Å². The van der Waals surface area contributed by atoms with Crippen molar-refractivity contribution in [3.05, 3.63) is 80.9 Å². The third-order valence-electron chi connectivity index (χ3n) is 3.10. The molecule has 5 heteroatoms. The van der Waals surface area contributed by atoms with Gasteiger partial charge >= 0.3 is 5.97 Å². The van der Waals surface area contributed by atoms with Crippen molar-refractivity contribution in [3.8, 4) is 0 Å². The fraction of sp³-hybridized carbons (Fsp3) is 0. The molecule has 1 aliphatic heterocycles. The quantitative estimate of drug-likeness (QED) is 0.541. The number of rotatable bonds is 3. The number of ether oxygens (including phenoxy) is 1. The molecule has 2 aromatic carbocycles. The predicted molar refractivity (Wildman–Crippen MR) is 96.1 cm³/mol. The van der Waals surface area contributed by atoms with Crippen LogP contribution in [0, 0.1) is 0 Å². The van der Waals surface area contributed by atoms with Crippen molar-refractivity contribution < 1.29 is 9.53 Å². The molecule has 0 radical (unpaired) electrons. The van der Waals surface area contributed by atoms with Gasteiger partial charge in [-0.25, -0.2) is 9.79 Å². The monoisotopic (exact) mass is 387 g/mol. The summed E-state index contributed by atoms with van der Waals surface area (Å²) in [4.78, 5) is 16.0. The maximum atomic E-state index is 11.8. The Bertz CT molecular complexity index is 821. The van der Waals surface area contributed by atoms with Gasteiger partial charge in [0, 0.05) is 15.6 Å². The molecule has 3 rings (SSSR count). The molecule has 2 aromatic rings. The molecular weight excluding hydrogens is 378 g/mol. The normalized spacial score (nSPS) is 16.0. The first-order chi connectivity index (χ1) is 11.1. The summed E-state index contributed by atoms with van der Waals surface area (Å²) in [5.74, 6) is -0.183. The van der Waals surface area contributed by atoms with Crippen molar-refractivity contribution in [2.24, 2.45) is 4.99 Å². The van der Waals surface area contributed by atoms with E-state index in [2.05, 4.69) is 20.9 Å². The van der Waals surface area contributed by atoms with Crippen molar-refractivity contribution >= 4 is 51.5 Å². The molecule has 0 spiro atoms. The molecular formula is C18H11BrClNO2. The molecule has 0 atom stereocenters. The highest BCUT2D eigenvalue weighted by atomic mass is 79.9. The van der Waals surface area contributed by atoms with Crippen LogP contribution in [0.3, 0.4) is 0 Å². The molecule has 0 amide bonds. The molecule has 0 N–H and O–H groups in total. The van der Waals surface area contributed by atoms with Gasteiger partial charge in [-0.2, -0.15) is 0 Å². The van der Waals surface area contributed by atoms with Gasteiger partial charge in [0.2, 0.25) is 5.90 Å². The Morgan fingerprint density at radius 1 is 0.957 bits per heavy atom. The summed E-state index contributed by atoms with van der Waals surface area (Å²) in [6, 6.07) is 14.9. The summed E-state index contributed by atoms with van der Waals surface area (Å²) in [6.45, 7) is 0. The minimum atomic E-state index is -0.455. The van der Waals surface area contributed by atoms with Gasteiger partial charge < -0.3 is 4.74 Å². The highest BCUT2D eigenvalue weighted by molar-refractivity contribution is 9.10. The van der Waals surface area contributed by atoms with E-state index < -0.39 is 5.97 Å². The number of hydrogen-bond acceptors (Lipinski definition) is 3. The maximum Gasteiger partial charge on any atom is 0.363 e. The lowest BCUT2D eigenvalue weighted by molar-refractivity contribution is -0.129. The van der Waals surface area contributed by atoms with Gasteiger partial charge in [-0.05, 0) is 47.5 Å². The van der Waals surface area contributed by atoms with Crippen LogP contribution >= 0.6 is 27.5 Å². The zero-order valence-corrected chi connectivity index (χ0v) is 14.2. The minimum Gasteiger partial charge on any atom is -0.403 e. The number of cyclic esters (lactones) is 1. The van der Waals surface area contributed by atoms with Crippen LogP contribution in [0.2, 0.25) is 5.02 Å². The molecule has 114 valence electrons. The SMILES string of the molecule is O=C1OC(/C=C/c2ccc(Cl)cc2)=NC/1=C/c1ccc(Br)cc1. The predicted octanol–water partition coefficient (Wildman–Crippen LogP) is 5.11. The Balaban J connectivity index is 1.78. The van der Waals surface area contributed by atoms with Gasteiger partial charge in [-0.3, -0.25) is 0 Å². The highest BCUT2D eigenvalue weighted by Gasteiger charge is 2.20. The average molecular weight is 389 g/mol. The zero-order chi connectivity index (χ0) is 16.2. The topological polar surface area (TPSA) is 38.7 Å². The van der Waals surface area contributed by atoms with Crippen LogP contribution in [0.15, 0.2) is 69.8 Å². The van der Waals surface area contributed by atoms with Crippen LogP contribution in [-0.4, -0.2) is 11.9 Å². The smallest absolute Gasteiger partial charge is 0.363 e. The Labute approximate surface area is 147 Å². The van der Waals surface area contributed by atoms with Crippen LogP contribution in [0.1, 0.15) is 11.1 Å². The fourth-order valence-electron chi connectivity index (χ4n) is 1.96. The van der Waals surface area contributed by atoms with Crippen molar-refractivity contribution in [2.45, 2.75) is 0 Å². The molecule has 0 fully saturated rings. The first-order valence-corrected chi connectivity index (χ1v) is 7.99. The number of carbonyl (C=O) groups is 1. The van der Waals surface area contributed by atoms with Crippen LogP contribution in [-0.2, 0) is 9.53 Å². The Morgan fingerprint density at radius 2 is 1.61 bits per heavy atom. The molecule has 1 aliphatic rings. The molecule has 0 aromatic heterocycles. The largest absolute Gasteiger partial charge is 0.403 e. The molecule has 0 aliphatic carbocycles. The van der Waals surface area contributed by atoms with E-state index in [1.807, 2.05) is 42.5 Å². The fourth-order valence-corrected chi connectivity index (χ4v) is 2.35. The second kappa shape index (κ2) is 6.94. The third-order valence-corrected chi connectivity index (χ3v) is 3.88. The van der Waals surface area contributed by atoms with E-state index in [4.69, 9.17) is 16.3 Å². The van der Waals surface area contributed by atoms with E-state index in [1.165, 1.54) is 0 Å². The van der Waals surface area contributed by atoms with Gasteiger partial charge in [0.25, 0.3) is 0 Å². The van der Waals surface area contributed by atoms with E-state index >= 15 is 0 Å². The summed E-state index contributed by atoms with van der Waals surface area (Å²) < 4.78 is 6.11. The lowest BCUT2D eigenvalue weighted by atomic mass is 10.2. The van der Waals surface area contributed by atoms with Crippen LogP contribution < -0.4 is 0 Å². The lowest BCUT2D eigenvalue weighted by Gasteiger charge is -1.94. The van der Waals surface area contributed by atoms with Gasteiger partial charge in [0.15, 0.2) is 5.70 Å². The van der Waals surface area contributed by atoms with E-state index in [9.17, 15) is 4.79 Å². The molecule has 0 saturated heterocycles. The lowest BCUT2D eigenvalue weighted by Crippen LogP contribution is -2.01. The Morgan fingerprint density at radius 3 is 2.30 bits per heavy atom. The van der Waals surface area contributed by atoms with Gasteiger partial charge in [-0.15, -0.1) is 0 Å². The molecule has 23 heavy (non-hydrogen) atoms. The van der Waals surface area contributed by atoms with Gasteiger partial charge in [0.1, 0.15) is 0 Å². The minimum absolute atomic E-state index is 0.272. The van der Waals surface area contributed by atoms with Crippen LogP contribution in [0.4, 0.5) is 0 Å². The van der Waals surface area contributed by atoms with Crippen LogP contribution in [0.5, 0.6) is 0 Å². The molecule has 3 nitrogen and oxygen atoms in total. The number of nitrogens with zero attached hydrogens (tertiary/aromatic N) is 1. The van der Waals surface area contributed by atoms with Crippen molar-refractivity contribution in [1.82, 2.24) is 0 Å². The zero-order valence-electron chi connectivity index (χ0n) is 11.9. The summed E-state index contributed by atoms with van der Waals surface area (Å²) in [5.41, 5.74) is 2.10. The van der Waals surface area contributed by atoms with E-state index in [1.54, 1.807) is 24.3 Å². The summed E-state index contributed by atoms with van der Waals surface area (Å²) in [5, 5.41) is 0.673. The van der Waals surface area contributed by atoms with E-state index in [-0.39, 0.29) is 11.6 Å². The number of hydrogen-bond donors (Lipinski definition) is 0. The summed E-state index contributed by atoms with van der Waals surface area (Å²) in [7, 11) is 0. The number of carbonyl (C=O) groups excluding carboxylic acids is 1. The van der Waals surface area contributed by atoms with Crippen molar-refractivity contribution in [3.63, 3.8) is 0 Å². The summed E-state index contributed by atoms with van der Waals surface area (Å²) in [6.07, 6.45) is 5.16. The average Bonchev–Trinajstić information content (AvgIpc) is 2.89. The Kier molecular flexibility index (Phi) is 4.74. The summed E-state index contributed by atoms with van der Waals surface area (Å²) >= 11 is 9.21. The van der Waals surface area contributed by atoms with Crippen LogP contribution in [0.25, 0.3) is 12.2 Å². The third kappa shape index (κ3) is 4.18. The molecule has 1 heterocycles. The standard InChI is InChI=1S/C18H11BrClNO2/c19-14-6-1-13(2-7-14)11-16-18(22)23-17(21-16)10-5-12-3-8-15(20)9-4-12/h1-11H/b10-5+,16-11+. The maximum absolute atomic E-state index is 11.8. The number of aliphatic imine (C=N–C) groups is 1. The van der Waals surface area contributed by atoms with Crippen molar-refractivity contribution in [2.75, 3.05) is 0 Å². The van der Waals surface area contributed by atoms with E-state index in [0.29, 0.717) is 5.02 Å². The number of halogens is 2.